The number of amides is 1. The third-order valence-electron chi connectivity index (χ3n) is 4.76. The Balaban J connectivity index is 1.52. The van der Waals surface area contributed by atoms with Gasteiger partial charge in [0.05, 0.1) is 23.9 Å². The maximum atomic E-state index is 12.8. The Bertz CT molecular complexity index is 1090. The number of halogens is 3. The molecule has 0 fully saturated rings. The first-order valence-corrected chi connectivity index (χ1v) is 11.2. The molecule has 3 aromatic rings. The Morgan fingerprint density at radius 3 is 2.55 bits per heavy atom. The van der Waals surface area contributed by atoms with E-state index in [1.165, 1.54) is 23.5 Å². The van der Waals surface area contributed by atoms with E-state index < -0.39 is 11.7 Å². The summed E-state index contributed by atoms with van der Waals surface area (Å²) in [6, 6.07) is 12.7. The van der Waals surface area contributed by atoms with Gasteiger partial charge in [0.15, 0.2) is 5.13 Å². The zero-order chi connectivity index (χ0) is 23.8. The Hall–Kier alpha value is -3.40. The van der Waals surface area contributed by atoms with Crippen molar-refractivity contribution in [2.45, 2.75) is 26.4 Å². The number of aromatic nitrogens is 1. The number of hydrogen-bond acceptors (Lipinski definition) is 6. The molecule has 0 radical (unpaired) electrons. The van der Waals surface area contributed by atoms with Crippen molar-refractivity contribution < 1.29 is 18.0 Å². The summed E-state index contributed by atoms with van der Waals surface area (Å²) in [5, 5.41) is 8.88. The first kappa shape index (κ1) is 24.2. The van der Waals surface area contributed by atoms with Gasteiger partial charge in [-0.25, -0.2) is 10.4 Å². The molecule has 0 aliphatic carbocycles. The molecule has 10 heteroatoms. The van der Waals surface area contributed by atoms with Crippen molar-refractivity contribution in [3.05, 3.63) is 70.7 Å². The number of benzene rings is 2. The second kappa shape index (κ2) is 11.0. The number of rotatable bonds is 9. The lowest BCUT2D eigenvalue weighted by atomic mass is 10.2. The Morgan fingerprint density at radius 2 is 1.88 bits per heavy atom. The monoisotopic (exact) mass is 475 g/mol. The standard InChI is InChI=1S/C23H24F3N5OS/c1-3-31(4-2)20-10-8-16(9-11-20)14-27-30-21(32)13-19-15-33-22(29-19)28-18-7-5-6-17(12-18)23(24,25)26/h5-12,14-15H,3-4,13H2,1-2H3,(H,28,29)(H,30,32)/b27-14+. The van der Waals surface area contributed by atoms with Crippen LogP contribution in [0.1, 0.15) is 30.7 Å². The maximum absolute atomic E-state index is 12.8. The van der Waals surface area contributed by atoms with Gasteiger partial charge in [0.2, 0.25) is 5.91 Å². The van der Waals surface area contributed by atoms with E-state index in [-0.39, 0.29) is 18.0 Å². The quantitative estimate of drug-likeness (QED) is 0.319. The minimum absolute atomic E-state index is 0.000984. The van der Waals surface area contributed by atoms with Crippen LogP contribution in [0.3, 0.4) is 0 Å². The summed E-state index contributed by atoms with van der Waals surface area (Å²) in [5.41, 5.74) is 4.46. The van der Waals surface area contributed by atoms with Gasteiger partial charge in [0, 0.05) is 29.8 Å². The number of hydrazone groups is 1. The lowest BCUT2D eigenvalue weighted by molar-refractivity contribution is -0.137. The van der Waals surface area contributed by atoms with Crippen LogP contribution < -0.4 is 15.6 Å². The number of carbonyl (C=O) groups excluding carboxylic acids is 1. The molecule has 0 unspecified atom stereocenters. The summed E-state index contributed by atoms with van der Waals surface area (Å²) in [6.45, 7) is 6.05. The molecule has 33 heavy (non-hydrogen) atoms. The number of anilines is 3. The fourth-order valence-electron chi connectivity index (χ4n) is 3.09. The molecule has 0 saturated heterocycles. The van der Waals surface area contributed by atoms with Crippen LogP contribution in [0, 0.1) is 0 Å². The zero-order valence-corrected chi connectivity index (χ0v) is 19.0. The molecule has 2 N–H and O–H groups in total. The summed E-state index contributed by atoms with van der Waals surface area (Å²) < 4.78 is 38.5. The van der Waals surface area contributed by atoms with Gasteiger partial charge in [-0.3, -0.25) is 4.79 Å². The summed E-state index contributed by atoms with van der Waals surface area (Å²) in [4.78, 5) is 18.6. The highest BCUT2D eigenvalue weighted by molar-refractivity contribution is 7.13. The Labute approximate surface area is 194 Å². The molecular weight excluding hydrogens is 451 g/mol. The van der Waals surface area contributed by atoms with Crippen LogP contribution in [0.4, 0.5) is 29.7 Å². The first-order chi connectivity index (χ1) is 15.8. The predicted octanol–water partition coefficient (Wildman–Crippen LogP) is 5.44. The Kier molecular flexibility index (Phi) is 8.05. The Morgan fingerprint density at radius 1 is 1.15 bits per heavy atom. The molecule has 0 aliphatic rings. The second-order valence-electron chi connectivity index (χ2n) is 7.08. The van der Waals surface area contributed by atoms with Crippen molar-refractivity contribution in [2.75, 3.05) is 23.3 Å². The first-order valence-electron chi connectivity index (χ1n) is 10.3. The van der Waals surface area contributed by atoms with E-state index in [1.54, 1.807) is 11.6 Å². The summed E-state index contributed by atoms with van der Waals surface area (Å²) in [7, 11) is 0. The van der Waals surface area contributed by atoms with Crippen LogP contribution in [0.15, 0.2) is 59.0 Å². The average Bonchev–Trinajstić information content (AvgIpc) is 3.21. The minimum Gasteiger partial charge on any atom is -0.372 e. The molecule has 174 valence electrons. The van der Waals surface area contributed by atoms with E-state index in [2.05, 4.69) is 39.6 Å². The van der Waals surface area contributed by atoms with Gasteiger partial charge in [0.25, 0.3) is 0 Å². The normalized spacial score (nSPS) is 11.5. The number of thiazole rings is 1. The average molecular weight is 476 g/mol. The van der Waals surface area contributed by atoms with Crippen molar-refractivity contribution >= 4 is 40.0 Å². The van der Waals surface area contributed by atoms with Crippen LogP contribution in [0.2, 0.25) is 0 Å². The van der Waals surface area contributed by atoms with Gasteiger partial charge in [-0.05, 0) is 49.7 Å². The summed E-state index contributed by atoms with van der Waals surface area (Å²) >= 11 is 1.20. The number of alkyl halides is 3. The molecular formula is C23H24F3N5OS. The topological polar surface area (TPSA) is 69.6 Å². The molecule has 1 amide bonds. The van der Waals surface area contributed by atoms with Gasteiger partial charge >= 0.3 is 6.18 Å². The second-order valence-corrected chi connectivity index (χ2v) is 7.94. The fraction of sp³-hybridized carbons (Fsp3) is 0.261. The summed E-state index contributed by atoms with van der Waals surface area (Å²) in [5.74, 6) is -0.345. The molecule has 2 aromatic carbocycles. The van der Waals surface area contributed by atoms with Gasteiger partial charge in [-0.15, -0.1) is 11.3 Å². The third-order valence-corrected chi connectivity index (χ3v) is 5.57. The number of carbonyl (C=O) groups is 1. The molecule has 0 spiro atoms. The molecule has 0 atom stereocenters. The van der Waals surface area contributed by atoms with Gasteiger partial charge < -0.3 is 10.2 Å². The molecule has 0 bridgehead atoms. The fourth-order valence-corrected chi connectivity index (χ4v) is 3.82. The lowest BCUT2D eigenvalue weighted by Crippen LogP contribution is -2.21. The van der Waals surface area contributed by atoms with Crippen molar-refractivity contribution in [1.29, 1.82) is 0 Å². The SMILES string of the molecule is CCN(CC)c1ccc(/C=N/NC(=O)Cc2csc(Nc3cccc(C(F)(F)F)c3)n2)cc1. The van der Waals surface area contributed by atoms with Crippen LogP contribution >= 0.6 is 11.3 Å². The van der Waals surface area contributed by atoms with E-state index in [0.717, 1.165) is 36.5 Å². The van der Waals surface area contributed by atoms with E-state index in [4.69, 9.17) is 0 Å². The molecule has 1 aromatic heterocycles. The zero-order valence-electron chi connectivity index (χ0n) is 18.2. The highest BCUT2D eigenvalue weighted by Gasteiger charge is 2.30. The van der Waals surface area contributed by atoms with Crippen molar-refractivity contribution in [1.82, 2.24) is 10.4 Å². The van der Waals surface area contributed by atoms with Crippen molar-refractivity contribution in [2.24, 2.45) is 5.10 Å². The maximum Gasteiger partial charge on any atom is 0.416 e. The third kappa shape index (κ3) is 7.04. The van der Waals surface area contributed by atoms with Gasteiger partial charge in [0.1, 0.15) is 0 Å². The predicted molar refractivity (Wildman–Crippen MR) is 126 cm³/mol. The number of nitrogens with one attached hydrogen (secondary N) is 2. The van der Waals surface area contributed by atoms with Crippen LogP contribution in [0.5, 0.6) is 0 Å². The minimum atomic E-state index is -4.42. The molecule has 3 rings (SSSR count). The van der Waals surface area contributed by atoms with Gasteiger partial charge in [-0.2, -0.15) is 18.3 Å². The number of nitrogens with zero attached hydrogens (tertiary/aromatic N) is 3. The smallest absolute Gasteiger partial charge is 0.372 e. The van der Waals surface area contributed by atoms with Crippen LogP contribution in [0.25, 0.3) is 0 Å². The van der Waals surface area contributed by atoms with E-state index in [1.807, 2.05) is 24.3 Å². The molecule has 1 heterocycles. The summed E-state index contributed by atoms with van der Waals surface area (Å²) in [6.07, 6.45) is -2.86. The number of hydrogen-bond donors (Lipinski definition) is 2. The molecule has 0 saturated carbocycles. The lowest BCUT2D eigenvalue weighted by Gasteiger charge is -2.20. The van der Waals surface area contributed by atoms with E-state index in [0.29, 0.717) is 10.8 Å². The highest BCUT2D eigenvalue weighted by Crippen LogP contribution is 2.31. The van der Waals surface area contributed by atoms with E-state index in [9.17, 15) is 18.0 Å². The molecule has 6 nitrogen and oxygen atoms in total. The highest BCUT2D eigenvalue weighted by atomic mass is 32.1. The van der Waals surface area contributed by atoms with Gasteiger partial charge in [-0.1, -0.05) is 18.2 Å². The molecule has 0 aliphatic heterocycles. The van der Waals surface area contributed by atoms with Crippen LogP contribution in [-0.2, 0) is 17.4 Å². The van der Waals surface area contributed by atoms with Crippen LogP contribution in [-0.4, -0.2) is 30.2 Å². The largest absolute Gasteiger partial charge is 0.416 e. The van der Waals surface area contributed by atoms with Crippen molar-refractivity contribution in [3.8, 4) is 0 Å². The van der Waals surface area contributed by atoms with Crippen molar-refractivity contribution in [3.63, 3.8) is 0 Å². The van der Waals surface area contributed by atoms with E-state index >= 15 is 0 Å².